The van der Waals surface area contributed by atoms with Crippen molar-refractivity contribution in [1.82, 2.24) is 4.98 Å². The van der Waals surface area contributed by atoms with Gasteiger partial charge in [0.15, 0.2) is 12.2 Å². The lowest BCUT2D eigenvalue weighted by Crippen LogP contribution is -2.20. The van der Waals surface area contributed by atoms with Gasteiger partial charge < -0.3 is 14.5 Å². The molecule has 170 valence electrons. The first-order valence-corrected chi connectivity index (χ1v) is 11.5. The summed E-state index contributed by atoms with van der Waals surface area (Å²) >= 11 is 6.34. The first-order chi connectivity index (χ1) is 16.5. The van der Waals surface area contributed by atoms with Crippen molar-refractivity contribution in [3.8, 4) is 17.2 Å². The predicted molar refractivity (Wildman–Crippen MR) is 137 cm³/mol. The summed E-state index contributed by atoms with van der Waals surface area (Å²) in [5.74, 6) is 1.18. The summed E-state index contributed by atoms with van der Waals surface area (Å²) in [6.45, 7) is 4.14. The van der Waals surface area contributed by atoms with E-state index in [-0.39, 0.29) is 12.5 Å². The minimum atomic E-state index is -0.314. The number of ether oxygens (including phenoxy) is 1. The second-order valence-corrected chi connectivity index (χ2v) is 8.85. The van der Waals surface area contributed by atoms with Gasteiger partial charge in [0.2, 0.25) is 5.89 Å². The highest BCUT2D eigenvalue weighted by molar-refractivity contribution is 6.33. The number of fused-ring (bicyclic) bond motifs is 2. The average molecular weight is 471 g/mol. The number of hydrogen-bond acceptors (Lipinski definition) is 4. The number of hydrogen-bond donors (Lipinski definition) is 1. The third-order valence-electron chi connectivity index (χ3n) is 5.66. The van der Waals surface area contributed by atoms with Crippen molar-refractivity contribution in [2.24, 2.45) is 0 Å². The van der Waals surface area contributed by atoms with Gasteiger partial charge in [0.05, 0.1) is 10.7 Å². The van der Waals surface area contributed by atoms with Crippen LogP contribution in [0.1, 0.15) is 25.3 Å². The fraction of sp³-hybridized carbons (Fsp3) is 0.143. The van der Waals surface area contributed by atoms with Crippen molar-refractivity contribution < 1.29 is 13.9 Å². The zero-order chi connectivity index (χ0) is 23.7. The van der Waals surface area contributed by atoms with Gasteiger partial charge in [-0.3, -0.25) is 4.79 Å². The van der Waals surface area contributed by atoms with Crippen molar-refractivity contribution in [2.75, 3.05) is 11.9 Å². The third-order valence-corrected chi connectivity index (χ3v) is 5.99. The first kappa shape index (κ1) is 22.0. The molecule has 5 nitrogen and oxygen atoms in total. The molecule has 0 spiro atoms. The minimum Gasteiger partial charge on any atom is -0.484 e. The molecular weight excluding hydrogens is 448 g/mol. The van der Waals surface area contributed by atoms with E-state index in [2.05, 4.69) is 24.1 Å². The number of benzene rings is 4. The Morgan fingerprint density at radius 1 is 1.00 bits per heavy atom. The van der Waals surface area contributed by atoms with Crippen LogP contribution in [0, 0.1) is 0 Å². The quantitative estimate of drug-likeness (QED) is 0.280. The molecule has 0 aliphatic carbocycles. The monoisotopic (exact) mass is 470 g/mol. The molecule has 1 heterocycles. The lowest BCUT2D eigenvalue weighted by atomic mass is 10.0. The Kier molecular flexibility index (Phi) is 5.95. The number of carbonyl (C=O) groups is 1. The third kappa shape index (κ3) is 4.61. The average Bonchev–Trinajstić information content (AvgIpc) is 3.27. The van der Waals surface area contributed by atoms with Crippen molar-refractivity contribution in [1.29, 1.82) is 0 Å². The van der Waals surface area contributed by atoms with Crippen LogP contribution in [0.3, 0.4) is 0 Å². The number of aromatic nitrogens is 1. The van der Waals surface area contributed by atoms with E-state index in [4.69, 9.17) is 20.8 Å². The molecule has 0 saturated carbocycles. The SMILES string of the molecule is CC(C)c1ccc2oc(-c3ccc(Cl)c(NC(=O)COc4ccc5ccccc5c4)c3)nc2c1. The highest BCUT2D eigenvalue weighted by Crippen LogP contribution is 2.31. The molecule has 0 saturated heterocycles. The van der Waals surface area contributed by atoms with E-state index in [0.717, 1.165) is 21.9 Å². The Balaban J connectivity index is 1.31. The predicted octanol–water partition coefficient (Wildman–Crippen LogP) is 7.44. The fourth-order valence-electron chi connectivity index (χ4n) is 3.77. The summed E-state index contributed by atoms with van der Waals surface area (Å²) in [6, 6.07) is 25.0. The van der Waals surface area contributed by atoms with Crippen molar-refractivity contribution in [2.45, 2.75) is 19.8 Å². The maximum atomic E-state index is 12.6. The summed E-state index contributed by atoms with van der Waals surface area (Å²) in [5, 5.41) is 5.40. The van der Waals surface area contributed by atoms with Crippen molar-refractivity contribution in [3.05, 3.63) is 89.4 Å². The Hall–Kier alpha value is -3.83. The molecule has 0 bridgehead atoms. The Bertz CT molecular complexity index is 1510. The van der Waals surface area contributed by atoms with Crippen LogP contribution in [0.4, 0.5) is 5.69 Å². The summed E-state index contributed by atoms with van der Waals surface area (Å²) in [5.41, 5.74) is 3.89. The maximum absolute atomic E-state index is 12.6. The summed E-state index contributed by atoms with van der Waals surface area (Å²) in [6.07, 6.45) is 0. The van der Waals surface area contributed by atoms with Gasteiger partial charge in [0.25, 0.3) is 5.91 Å². The molecule has 34 heavy (non-hydrogen) atoms. The van der Waals surface area contributed by atoms with E-state index in [0.29, 0.717) is 33.9 Å². The van der Waals surface area contributed by atoms with Gasteiger partial charge in [-0.25, -0.2) is 4.98 Å². The number of rotatable bonds is 6. The second-order valence-electron chi connectivity index (χ2n) is 8.44. The molecule has 0 aliphatic heterocycles. The topological polar surface area (TPSA) is 64.4 Å². The summed E-state index contributed by atoms with van der Waals surface area (Å²) < 4.78 is 11.6. The Labute approximate surface area is 202 Å². The smallest absolute Gasteiger partial charge is 0.262 e. The number of anilines is 1. The van der Waals surface area contributed by atoms with Crippen LogP contribution < -0.4 is 10.1 Å². The van der Waals surface area contributed by atoms with Crippen LogP contribution in [0.15, 0.2) is 83.3 Å². The van der Waals surface area contributed by atoms with E-state index < -0.39 is 0 Å². The first-order valence-electron chi connectivity index (χ1n) is 11.1. The molecule has 0 atom stereocenters. The van der Waals surface area contributed by atoms with Gasteiger partial charge in [0, 0.05) is 5.56 Å². The van der Waals surface area contributed by atoms with E-state index in [1.54, 1.807) is 12.1 Å². The molecule has 1 N–H and O–H groups in total. The largest absolute Gasteiger partial charge is 0.484 e. The fourth-order valence-corrected chi connectivity index (χ4v) is 3.94. The molecule has 1 amide bonds. The van der Waals surface area contributed by atoms with Gasteiger partial charge in [-0.15, -0.1) is 0 Å². The van der Waals surface area contributed by atoms with E-state index in [1.165, 1.54) is 5.56 Å². The van der Waals surface area contributed by atoms with Crippen LogP contribution in [0.2, 0.25) is 5.02 Å². The minimum absolute atomic E-state index is 0.139. The number of halogens is 1. The summed E-state index contributed by atoms with van der Waals surface area (Å²) in [4.78, 5) is 17.2. The second kappa shape index (κ2) is 9.20. The standard InChI is InChI=1S/C28H23ClN2O3/c1-17(2)19-9-12-26-25(14-19)31-28(34-26)21-8-11-23(29)24(15-21)30-27(32)16-33-22-10-7-18-5-3-4-6-20(18)13-22/h3-15,17H,16H2,1-2H3,(H,30,32). The molecule has 5 aromatic rings. The Morgan fingerprint density at radius 3 is 2.65 bits per heavy atom. The number of oxazole rings is 1. The normalized spacial score (nSPS) is 11.3. The maximum Gasteiger partial charge on any atom is 0.262 e. The lowest BCUT2D eigenvalue weighted by molar-refractivity contribution is -0.118. The van der Waals surface area contributed by atoms with Crippen LogP contribution >= 0.6 is 11.6 Å². The highest BCUT2D eigenvalue weighted by Gasteiger charge is 2.14. The number of amides is 1. The van der Waals surface area contributed by atoms with Gasteiger partial charge in [0.1, 0.15) is 11.3 Å². The molecule has 1 aromatic heterocycles. The number of nitrogens with one attached hydrogen (secondary N) is 1. The van der Waals surface area contributed by atoms with Gasteiger partial charge in [-0.05, 0) is 64.7 Å². The molecule has 4 aromatic carbocycles. The number of nitrogens with zero attached hydrogens (tertiary/aromatic N) is 1. The van der Waals surface area contributed by atoms with Crippen LogP contribution in [-0.2, 0) is 4.79 Å². The van der Waals surface area contributed by atoms with Gasteiger partial charge in [-0.1, -0.05) is 61.8 Å². The van der Waals surface area contributed by atoms with E-state index in [1.807, 2.05) is 66.7 Å². The van der Waals surface area contributed by atoms with Crippen molar-refractivity contribution >= 4 is 45.1 Å². The molecule has 6 heteroatoms. The molecular formula is C28H23ClN2O3. The van der Waals surface area contributed by atoms with Crippen LogP contribution in [-0.4, -0.2) is 17.5 Å². The molecule has 0 radical (unpaired) electrons. The zero-order valence-electron chi connectivity index (χ0n) is 18.8. The number of carbonyl (C=O) groups excluding carboxylic acids is 1. The van der Waals surface area contributed by atoms with E-state index in [9.17, 15) is 4.79 Å². The van der Waals surface area contributed by atoms with Crippen LogP contribution in [0.25, 0.3) is 33.3 Å². The van der Waals surface area contributed by atoms with Crippen molar-refractivity contribution in [3.63, 3.8) is 0 Å². The van der Waals surface area contributed by atoms with E-state index >= 15 is 0 Å². The zero-order valence-corrected chi connectivity index (χ0v) is 19.6. The Morgan fingerprint density at radius 2 is 1.82 bits per heavy atom. The molecule has 5 rings (SSSR count). The summed E-state index contributed by atoms with van der Waals surface area (Å²) in [7, 11) is 0. The molecule has 0 fully saturated rings. The van der Waals surface area contributed by atoms with Crippen LogP contribution in [0.5, 0.6) is 5.75 Å². The lowest BCUT2D eigenvalue weighted by Gasteiger charge is -2.10. The highest BCUT2D eigenvalue weighted by atomic mass is 35.5. The van der Waals surface area contributed by atoms with Gasteiger partial charge >= 0.3 is 0 Å². The molecule has 0 unspecified atom stereocenters. The molecule has 0 aliphatic rings. The van der Waals surface area contributed by atoms with Gasteiger partial charge in [-0.2, -0.15) is 0 Å².